The Bertz CT molecular complexity index is 2060. The van der Waals surface area contributed by atoms with E-state index < -0.39 is 11.5 Å². The average Bonchev–Trinajstić information content (AvgIpc) is 3.47. The van der Waals surface area contributed by atoms with Crippen molar-refractivity contribution in [2.24, 2.45) is 5.41 Å². The minimum absolute atomic E-state index is 0.0150. The molecule has 1 aliphatic rings. The summed E-state index contributed by atoms with van der Waals surface area (Å²) in [5.74, 6) is 0.225. The second-order valence-electron chi connectivity index (χ2n) is 13.6. The second kappa shape index (κ2) is 14.0. The number of ether oxygens (including phenoxy) is 1. The van der Waals surface area contributed by atoms with Crippen LogP contribution in [0.2, 0.25) is 0 Å². The Morgan fingerprint density at radius 3 is 2.39 bits per heavy atom. The average molecular weight is 727 g/mol. The molecule has 2 amide bonds. The van der Waals surface area contributed by atoms with Gasteiger partial charge in [-0.25, -0.2) is 9.50 Å². The molecule has 4 heterocycles. The van der Waals surface area contributed by atoms with Gasteiger partial charge in [-0.15, -0.1) is 0 Å². The predicted molar refractivity (Wildman–Crippen MR) is 194 cm³/mol. The highest BCUT2D eigenvalue weighted by molar-refractivity contribution is 9.10. The number of para-hydroxylation sites is 1. The number of hydrogen-bond acceptors (Lipinski definition) is 7. The van der Waals surface area contributed by atoms with Gasteiger partial charge in [-0.1, -0.05) is 51.1 Å². The first kappa shape index (κ1) is 34.1. The molecule has 254 valence electrons. The zero-order chi connectivity index (χ0) is 34.9. The summed E-state index contributed by atoms with van der Waals surface area (Å²) in [6.45, 7) is 7.82. The van der Waals surface area contributed by atoms with Gasteiger partial charge in [0.1, 0.15) is 17.4 Å². The highest BCUT2D eigenvalue weighted by Gasteiger charge is 2.29. The number of aromatic nitrogens is 4. The quantitative estimate of drug-likeness (QED) is 0.188. The number of benzene rings is 2. The molecule has 0 unspecified atom stereocenters. The lowest BCUT2D eigenvalue weighted by Gasteiger charge is -2.33. The number of rotatable bonds is 8. The Balaban J connectivity index is 1.25. The van der Waals surface area contributed by atoms with E-state index >= 15 is 0 Å². The topological polar surface area (TPSA) is 137 Å². The number of pyridine rings is 1. The third kappa shape index (κ3) is 7.16. The number of amides is 2. The number of piperidine rings is 1. The molecule has 0 aliphatic carbocycles. The highest BCUT2D eigenvalue weighted by Crippen LogP contribution is 2.37. The van der Waals surface area contributed by atoms with Crippen molar-refractivity contribution in [1.82, 2.24) is 24.1 Å². The number of nitrogens with zero attached hydrogens (tertiary/aromatic N) is 5. The molecule has 0 bridgehead atoms. The summed E-state index contributed by atoms with van der Waals surface area (Å²) in [5.41, 5.74) is 11.1. The standard InChI is InChI=1S/C37H40BrN7O4/c1-37(2,3)20-32(46)43-16-14-24(15-17-43)30-19-27(33-34(39)40-22-41-45(30)33)23-10-12-25(13-11-23)42-35(47)28-18-29(38)31(21-49-4)44(36(28)48)26-8-6-5-7-9-26/h5-13,18-19,22,24H,14-17,20-21H2,1-4H3,(H,42,47)(H2,39,40,41). The number of anilines is 2. The third-order valence-electron chi connectivity index (χ3n) is 8.80. The van der Waals surface area contributed by atoms with Crippen LogP contribution in [0.25, 0.3) is 22.3 Å². The van der Waals surface area contributed by atoms with Crippen molar-refractivity contribution in [3.63, 3.8) is 0 Å². The van der Waals surface area contributed by atoms with E-state index in [0.717, 1.165) is 29.7 Å². The molecule has 12 heteroatoms. The SMILES string of the molecule is COCc1c(Br)cc(C(=O)Nc2ccc(-c3cc(C4CCN(C(=O)CC(C)(C)C)CC4)n4ncnc(N)c34)cc2)c(=O)n1-c1ccccc1. The van der Waals surface area contributed by atoms with E-state index in [9.17, 15) is 14.4 Å². The summed E-state index contributed by atoms with van der Waals surface area (Å²) in [4.78, 5) is 46.2. The monoisotopic (exact) mass is 725 g/mol. The van der Waals surface area contributed by atoms with E-state index in [1.54, 1.807) is 31.4 Å². The molecule has 6 rings (SSSR count). The molecule has 2 aromatic carbocycles. The van der Waals surface area contributed by atoms with Gasteiger partial charge in [0.15, 0.2) is 5.82 Å². The number of carbonyl (C=O) groups is 2. The van der Waals surface area contributed by atoms with Crippen LogP contribution in [-0.2, 0) is 16.1 Å². The number of carbonyl (C=O) groups excluding carboxylic acids is 2. The van der Waals surface area contributed by atoms with E-state index in [1.165, 1.54) is 17.0 Å². The van der Waals surface area contributed by atoms with Crippen LogP contribution in [0.3, 0.4) is 0 Å². The molecule has 3 N–H and O–H groups in total. The van der Waals surface area contributed by atoms with Crippen LogP contribution >= 0.6 is 15.9 Å². The summed E-state index contributed by atoms with van der Waals surface area (Å²) in [5, 5.41) is 7.44. The van der Waals surface area contributed by atoms with Crippen molar-refractivity contribution in [2.75, 3.05) is 31.2 Å². The summed E-state index contributed by atoms with van der Waals surface area (Å²) in [6.07, 6.45) is 3.64. The number of nitrogens with two attached hydrogens (primary N) is 1. The van der Waals surface area contributed by atoms with Gasteiger partial charge >= 0.3 is 0 Å². The van der Waals surface area contributed by atoms with Gasteiger partial charge in [-0.3, -0.25) is 19.0 Å². The number of nitrogens with one attached hydrogen (secondary N) is 1. The summed E-state index contributed by atoms with van der Waals surface area (Å²) < 4.78 is 9.28. The lowest BCUT2D eigenvalue weighted by Crippen LogP contribution is -2.39. The molecule has 1 fully saturated rings. The van der Waals surface area contributed by atoms with Gasteiger partial charge < -0.3 is 20.7 Å². The Morgan fingerprint density at radius 1 is 1.04 bits per heavy atom. The molecule has 0 radical (unpaired) electrons. The van der Waals surface area contributed by atoms with Crippen LogP contribution in [0.1, 0.15) is 67.7 Å². The molecule has 0 saturated carbocycles. The molecule has 5 aromatic rings. The largest absolute Gasteiger partial charge is 0.382 e. The van der Waals surface area contributed by atoms with Crippen molar-refractivity contribution in [3.05, 3.63) is 105 Å². The van der Waals surface area contributed by atoms with E-state index in [-0.39, 0.29) is 29.4 Å². The van der Waals surface area contributed by atoms with Crippen molar-refractivity contribution >= 4 is 44.8 Å². The van der Waals surface area contributed by atoms with Gasteiger partial charge in [0.2, 0.25) is 5.91 Å². The van der Waals surface area contributed by atoms with Crippen LogP contribution in [0, 0.1) is 5.41 Å². The van der Waals surface area contributed by atoms with Crippen molar-refractivity contribution in [2.45, 2.75) is 52.6 Å². The lowest BCUT2D eigenvalue weighted by molar-refractivity contribution is -0.134. The number of nitrogen functional groups attached to an aromatic ring is 1. The lowest BCUT2D eigenvalue weighted by atomic mass is 9.89. The number of halogens is 1. The minimum atomic E-state index is -0.534. The first-order chi connectivity index (χ1) is 23.4. The van der Waals surface area contributed by atoms with Crippen LogP contribution in [0.15, 0.2) is 82.3 Å². The zero-order valence-electron chi connectivity index (χ0n) is 28.1. The van der Waals surface area contributed by atoms with Crippen molar-refractivity contribution in [3.8, 4) is 16.8 Å². The summed E-state index contributed by atoms with van der Waals surface area (Å²) >= 11 is 3.54. The third-order valence-corrected chi connectivity index (χ3v) is 9.49. The molecule has 0 spiro atoms. The smallest absolute Gasteiger partial charge is 0.268 e. The summed E-state index contributed by atoms with van der Waals surface area (Å²) in [6, 6.07) is 20.2. The minimum Gasteiger partial charge on any atom is -0.382 e. The molecular formula is C37H40BrN7O4. The Hall–Kier alpha value is -4.81. The fourth-order valence-electron chi connectivity index (χ4n) is 6.43. The van der Waals surface area contributed by atoms with E-state index in [0.29, 0.717) is 52.4 Å². The summed E-state index contributed by atoms with van der Waals surface area (Å²) in [7, 11) is 1.55. The first-order valence-corrected chi connectivity index (χ1v) is 17.0. The maximum atomic E-state index is 13.7. The van der Waals surface area contributed by atoms with E-state index in [2.05, 4.69) is 58.2 Å². The fourth-order valence-corrected chi connectivity index (χ4v) is 6.95. The van der Waals surface area contributed by atoms with Gasteiger partial charge in [-0.05, 0) is 76.1 Å². The van der Waals surface area contributed by atoms with E-state index in [1.807, 2.05) is 39.7 Å². The molecular weight excluding hydrogens is 686 g/mol. The normalized spacial score (nSPS) is 13.9. The Kier molecular flexibility index (Phi) is 9.71. The molecule has 1 aliphatic heterocycles. The Labute approximate surface area is 293 Å². The highest BCUT2D eigenvalue weighted by atomic mass is 79.9. The molecule has 49 heavy (non-hydrogen) atoms. The van der Waals surface area contributed by atoms with Gasteiger partial charge in [-0.2, -0.15) is 5.10 Å². The second-order valence-corrected chi connectivity index (χ2v) is 14.4. The van der Waals surface area contributed by atoms with Crippen LogP contribution in [0.4, 0.5) is 11.5 Å². The Morgan fingerprint density at radius 2 is 1.73 bits per heavy atom. The maximum absolute atomic E-state index is 13.7. The maximum Gasteiger partial charge on any atom is 0.268 e. The van der Waals surface area contributed by atoms with E-state index in [4.69, 9.17) is 10.5 Å². The van der Waals surface area contributed by atoms with Crippen LogP contribution in [0.5, 0.6) is 0 Å². The van der Waals surface area contributed by atoms with Crippen molar-refractivity contribution < 1.29 is 14.3 Å². The predicted octanol–water partition coefficient (Wildman–Crippen LogP) is 6.43. The van der Waals surface area contributed by atoms with Crippen molar-refractivity contribution in [1.29, 1.82) is 0 Å². The van der Waals surface area contributed by atoms with Crippen LogP contribution < -0.4 is 16.6 Å². The zero-order valence-corrected chi connectivity index (χ0v) is 29.7. The van der Waals surface area contributed by atoms with Crippen LogP contribution in [-0.4, -0.2) is 56.1 Å². The first-order valence-electron chi connectivity index (χ1n) is 16.3. The molecule has 1 saturated heterocycles. The number of methoxy groups -OCH3 is 1. The van der Waals surface area contributed by atoms with Gasteiger partial charge in [0, 0.05) is 59.6 Å². The number of hydrogen-bond donors (Lipinski definition) is 2. The number of fused-ring (bicyclic) bond motifs is 1. The molecule has 0 atom stereocenters. The van der Waals surface area contributed by atoms with Gasteiger partial charge in [0.05, 0.1) is 12.3 Å². The molecule has 3 aromatic heterocycles. The number of likely N-dealkylation sites (tertiary alicyclic amines) is 1. The fraction of sp³-hybridized carbons (Fsp3) is 0.324. The van der Waals surface area contributed by atoms with Gasteiger partial charge in [0.25, 0.3) is 11.5 Å². The molecule has 11 nitrogen and oxygen atoms in total.